The van der Waals surface area contributed by atoms with Crippen molar-refractivity contribution in [2.24, 2.45) is 0 Å². The molecule has 2 N–H and O–H groups in total. The Morgan fingerprint density at radius 3 is 2.62 bits per heavy atom. The second-order valence-electron chi connectivity index (χ2n) is 8.37. The molecule has 8 heteroatoms. The number of aromatic amines is 1. The van der Waals surface area contributed by atoms with E-state index in [1.165, 1.54) is 0 Å². The number of benzene rings is 2. The van der Waals surface area contributed by atoms with Gasteiger partial charge in [-0.2, -0.15) is 5.10 Å². The number of phenols is 1. The third kappa shape index (κ3) is 4.20. The molecule has 0 saturated carbocycles. The summed E-state index contributed by atoms with van der Waals surface area (Å²) >= 11 is 6.37. The Morgan fingerprint density at radius 2 is 1.91 bits per heavy atom. The van der Waals surface area contributed by atoms with E-state index in [1.54, 1.807) is 12.1 Å². The third-order valence-electron chi connectivity index (χ3n) is 5.91. The van der Waals surface area contributed by atoms with Gasteiger partial charge in [0.25, 0.3) is 5.91 Å². The molecule has 1 aromatic heterocycles. The van der Waals surface area contributed by atoms with Crippen molar-refractivity contribution < 1.29 is 19.4 Å². The molecule has 180 valence electrons. The van der Waals surface area contributed by atoms with E-state index in [-0.39, 0.29) is 11.7 Å². The average molecular weight is 484 g/mol. The first-order valence-electron chi connectivity index (χ1n) is 11.7. The van der Waals surface area contributed by atoms with E-state index in [2.05, 4.69) is 17.1 Å². The summed E-state index contributed by atoms with van der Waals surface area (Å²) in [5, 5.41) is 18.6. The number of rotatable bonds is 9. The van der Waals surface area contributed by atoms with E-state index >= 15 is 0 Å². The number of nitrogens with zero attached hydrogens (tertiary/aromatic N) is 2. The molecule has 0 saturated heterocycles. The fraction of sp³-hybridized carbons (Fsp3) is 0.385. The largest absolute Gasteiger partial charge is 0.507 e. The smallest absolute Gasteiger partial charge is 0.273 e. The fourth-order valence-electron chi connectivity index (χ4n) is 4.37. The standard InChI is InChI=1S/C26H30ClN3O4/c1-5-10-30-25(16-8-9-20(34-11-6-2)21(13-16)33-7-3)22-23(28-29-24(22)26(30)32)17-14-18(27)15(4)12-19(17)31/h8-9,12-14,25,31H,5-7,10-11H2,1-4H3,(H,28,29). The van der Waals surface area contributed by atoms with Gasteiger partial charge in [0, 0.05) is 22.7 Å². The van der Waals surface area contributed by atoms with Crippen LogP contribution in [0.15, 0.2) is 30.3 Å². The van der Waals surface area contributed by atoms with E-state index in [1.807, 2.05) is 43.9 Å². The maximum atomic E-state index is 13.4. The van der Waals surface area contributed by atoms with Crippen LogP contribution in [0.5, 0.6) is 17.2 Å². The van der Waals surface area contributed by atoms with Crippen molar-refractivity contribution in [3.05, 3.63) is 57.7 Å². The Morgan fingerprint density at radius 1 is 1.12 bits per heavy atom. The Labute approximate surface area is 204 Å². The molecule has 2 heterocycles. The van der Waals surface area contributed by atoms with Crippen LogP contribution in [-0.4, -0.2) is 45.9 Å². The number of ether oxygens (including phenoxy) is 2. The van der Waals surface area contributed by atoms with E-state index in [4.69, 9.17) is 21.1 Å². The van der Waals surface area contributed by atoms with Gasteiger partial charge in [-0.1, -0.05) is 31.5 Å². The van der Waals surface area contributed by atoms with E-state index in [0.29, 0.717) is 53.2 Å². The van der Waals surface area contributed by atoms with Crippen molar-refractivity contribution >= 4 is 17.5 Å². The van der Waals surface area contributed by atoms with Crippen molar-refractivity contribution in [3.63, 3.8) is 0 Å². The van der Waals surface area contributed by atoms with Gasteiger partial charge < -0.3 is 19.5 Å². The molecule has 0 radical (unpaired) electrons. The highest BCUT2D eigenvalue weighted by Gasteiger charge is 2.42. The fourth-order valence-corrected chi connectivity index (χ4v) is 4.53. The molecule has 0 spiro atoms. The summed E-state index contributed by atoms with van der Waals surface area (Å²) in [5.41, 5.74) is 3.78. The molecular weight excluding hydrogens is 454 g/mol. The lowest BCUT2D eigenvalue weighted by atomic mass is 9.95. The molecular formula is C26H30ClN3O4. The Hall–Kier alpha value is -3.19. The number of aryl methyl sites for hydroxylation is 1. The minimum Gasteiger partial charge on any atom is -0.507 e. The summed E-state index contributed by atoms with van der Waals surface area (Å²) in [6.45, 7) is 9.50. The number of amides is 1. The number of halogens is 1. The van der Waals surface area contributed by atoms with E-state index < -0.39 is 6.04 Å². The number of carbonyl (C=O) groups is 1. The molecule has 1 atom stereocenters. The molecule has 7 nitrogen and oxygen atoms in total. The number of carbonyl (C=O) groups excluding carboxylic acids is 1. The van der Waals surface area contributed by atoms with Crippen LogP contribution in [-0.2, 0) is 0 Å². The summed E-state index contributed by atoms with van der Waals surface area (Å²) in [4.78, 5) is 15.2. The average Bonchev–Trinajstić information content (AvgIpc) is 3.35. The Kier molecular flexibility index (Phi) is 7.03. The van der Waals surface area contributed by atoms with Gasteiger partial charge in [-0.05, 0) is 62.1 Å². The highest BCUT2D eigenvalue weighted by molar-refractivity contribution is 6.31. The van der Waals surface area contributed by atoms with Gasteiger partial charge >= 0.3 is 0 Å². The predicted molar refractivity (Wildman–Crippen MR) is 132 cm³/mol. The van der Waals surface area contributed by atoms with Crippen molar-refractivity contribution in [2.45, 2.75) is 46.6 Å². The van der Waals surface area contributed by atoms with Gasteiger partial charge in [0.2, 0.25) is 0 Å². The van der Waals surface area contributed by atoms with Gasteiger partial charge in [0.15, 0.2) is 11.5 Å². The molecule has 1 aliphatic rings. The summed E-state index contributed by atoms with van der Waals surface area (Å²) in [5.74, 6) is 1.25. The van der Waals surface area contributed by atoms with Crippen molar-refractivity contribution in [1.82, 2.24) is 15.1 Å². The van der Waals surface area contributed by atoms with Gasteiger partial charge in [-0.25, -0.2) is 0 Å². The van der Waals surface area contributed by atoms with Crippen molar-refractivity contribution in [3.8, 4) is 28.5 Å². The lowest BCUT2D eigenvalue weighted by molar-refractivity contribution is 0.0743. The zero-order valence-electron chi connectivity index (χ0n) is 19.9. The van der Waals surface area contributed by atoms with Crippen LogP contribution in [0.1, 0.15) is 66.8 Å². The Balaban J connectivity index is 1.87. The predicted octanol–water partition coefficient (Wildman–Crippen LogP) is 5.89. The summed E-state index contributed by atoms with van der Waals surface area (Å²) in [7, 11) is 0. The summed E-state index contributed by atoms with van der Waals surface area (Å²) < 4.78 is 11.7. The number of phenolic OH excluding ortho intramolecular Hbond substituents is 1. The van der Waals surface area contributed by atoms with Crippen LogP contribution in [0.3, 0.4) is 0 Å². The minimum absolute atomic E-state index is 0.0645. The van der Waals surface area contributed by atoms with E-state index in [0.717, 1.165) is 29.5 Å². The Bertz CT molecular complexity index is 1210. The van der Waals surface area contributed by atoms with Crippen LogP contribution in [0, 0.1) is 6.92 Å². The van der Waals surface area contributed by atoms with Crippen LogP contribution in [0.4, 0.5) is 0 Å². The van der Waals surface area contributed by atoms with Gasteiger partial charge in [-0.15, -0.1) is 0 Å². The molecule has 4 rings (SSSR count). The van der Waals surface area contributed by atoms with Crippen LogP contribution >= 0.6 is 11.6 Å². The van der Waals surface area contributed by atoms with Crippen molar-refractivity contribution in [1.29, 1.82) is 0 Å². The maximum Gasteiger partial charge on any atom is 0.273 e. The topological polar surface area (TPSA) is 87.7 Å². The van der Waals surface area contributed by atoms with Gasteiger partial charge in [0.05, 0.1) is 19.3 Å². The highest BCUT2D eigenvalue weighted by Crippen LogP contribution is 2.46. The number of H-pyrrole nitrogens is 1. The SMILES string of the molecule is CCCOc1ccc(C2c3c(-c4cc(Cl)c(C)cc4O)n[nH]c3C(=O)N2CCC)cc1OCC. The number of hydrogen-bond donors (Lipinski definition) is 2. The first-order chi connectivity index (χ1) is 16.4. The third-order valence-corrected chi connectivity index (χ3v) is 6.31. The summed E-state index contributed by atoms with van der Waals surface area (Å²) in [6, 6.07) is 8.70. The number of nitrogens with one attached hydrogen (secondary N) is 1. The lowest BCUT2D eigenvalue weighted by Gasteiger charge is -2.26. The van der Waals surface area contributed by atoms with E-state index in [9.17, 15) is 9.90 Å². The molecule has 2 aromatic carbocycles. The first kappa shape index (κ1) is 24.0. The molecule has 0 bridgehead atoms. The lowest BCUT2D eigenvalue weighted by Crippen LogP contribution is -2.30. The second kappa shape index (κ2) is 9.97. The zero-order valence-corrected chi connectivity index (χ0v) is 20.7. The van der Waals surface area contributed by atoms with Gasteiger partial charge in [0.1, 0.15) is 17.1 Å². The minimum atomic E-state index is -0.393. The zero-order chi connectivity index (χ0) is 24.4. The van der Waals surface area contributed by atoms with Gasteiger partial charge in [-0.3, -0.25) is 9.89 Å². The van der Waals surface area contributed by atoms with Crippen LogP contribution in [0.25, 0.3) is 11.3 Å². The monoisotopic (exact) mass is 483 g/mol. The number of aromatic nitrogens is 2. The number of hydrogen-bond acceptors (Lipinski definition) is 5. The molecule has 1 unspecified atom stereocenters. The summed E-state index contributed by atoms with van der Waals surface area (Å²) in [6.07, 6.45) is 1.69. The molecule has 0 fully saturated rings. The molecule has 1 amide bonds. The molecule has 1 aliphatic heterocycles. The van der Waals surface area contributed by atoms with Crippen LogP contribution < -0.4 is 9.47 Å². The van der Waals surface area contributed by atoms with Crippen LogP contribution in [0.2, 0.25) is 5.02 Å². The quantitative estimate of drug-likeness (QED) is 0.396. The number of aromatic hydroxyl groups is 1. The molecule has 34 heavy (non-hydrogen) atoms. The first-order valence-corrected chi connectivity index (χ1v) is 12.1. The number of fused-ring (bicyclic) bond motifs is 1. The maximum absolute atomic E-state index is 13.4. The van der Waals surface area contributed by atoms with Crippen molar-refractivity contribution in [2.75, 3.05) is 19.8 Å². The highest BCUT2D eigenvalue weighted by atomic mass is 35.5. The molecule has 3 aromatic rings. The second-order valence-corrected chi connectivity index (χ2v) is 8.78. The molecule has 0 aliphatic carbocycles. The normalized spacial score (nSPS) is 15.0.